The Bertz CT molecular complexity index is 1440. The Morgan fingerprint density at radius 2 is 1.61 bits per heavy atom. The highest BCUT2D eigenvalue weighted by Gasteiger charge is 2.38. The molecule has 214 valence electrons. The Morgan fingerprint density at radius 1 is 0.927 bits per heavy atom. The van der Waals surface area contributed by atoms with Gasteiger partial charge in [0, 0.05) is 17.9 Å². The molecule has 4 amide bonds. The lowest BCUT2D eigenvalue weighted by atomic mass is 9.91. The Morgan fingerprint density at radius 3 is 2.24 bits per heavy atom. The Balaban J connectivity index is 1.62. The molecule has 8 nitrogen and oxygen atoms in total. The van der Waals surface area contributed by atoms with Gasteiger partial charge in [-0.2, -0.15) is 13.2 Å². The molecular weight excluding hydrogens is 537 g/mol. The molecule has 0 saturated heterocycles. The molecule has 3 N–H and O–H groups in total. The number of benzene rings is 3. The van der Waals surface area contributed by atoms with Gasteiger partial charge in [-0.15, -0.1) is 0 Å². The molecule has 0 bridgehead atoms. The molecular formula is C30H29F3N4O4. The number of halogens is 3. The molecule has 1 aliphatic rings. The smallest absolute Gasteiger partial charge is 0.416 e. The number of carbonyl (C=O) groups is 3. The van der Waals surface area contributed by atoms with Crippen LogP contribution in [-0.2, 0) is 15.7 Å². The fourth-order valence-corrected chi connectivity index (χ4v) is 4.50. The van der Waals surface area contributed by atoms with Gasteiger partial charge in [0.15, 0.2) is 0 Å². The summed E-state index contributed by atoms with van der Waals surface area (Å²) in [4.78, 5) is 40.5. The molecule has 11 heteroatoms. The molecule has 0 aliphatic carbocycles. The number of hydrogen-bond donors (Lipinski definition) is 3. The second kappa shape index (κ2) is 12.6. The van der Waals surface area contributed by atoms with Crippen LogP contribution in [0.5, 0.6) is 0 Å². The van der Waals surface area contributed by atoms with Crippen molar-refractivity contribution in [2.24, 2.45) is 0 Å². The maximum Gasteiger partial charge on any atom is 0.416 e. The van der Waals surface area contributed by atoms with E-state index in [0.29, 0.717) is 35.5 Å². The van der Waals surface area contributed by atoms with Gasteiger partial charge in [-0.3, -0.25) is 4.90 Å². The predicted octanol–water partition coefficient (Wildman–Crippen LogP) is 6.80. The Hall–Kier alpha value is -4.80. The second-order valence-corrected chi connectivity index (χ2v) is 9.16. The minimum absolute atomic E-state index is 0.0202. The topological polar surface area (TPSA) is 99.8 Å². The molecule has 1 aliphatic heterocycles. The quantitative estimate of drug-likeness (QED) is 0.261. The van der Waals surface area contributed by atoms with Crippen molar-refractivity contribution in [1.82, 2.24) is 10.2 Å². The van der Waals surface area contributed by atoms with Gasteiger partial charge in [0.05, 0.1) is 29.5 Å². The highest BCUT2D eigenvalue weighted by molar-refractivity contribution is 6.05. The summed E-state index contributed by atoms with van der Waals surface area (Å²) in [5, 5.41) is 7.86. The first-order valence-corrected chi connectivity index (χ1v) is 13.0. The number of hydrogen-bond acceptors (Lipinski definition) is 4. The zero-order valence-corrected chi connectivity index (χ0v) is 22.4. The number of amides is 4. The molecule has 0 saturated carbocycles. The number of urea groups is 2. The van der Waals surface area contributed by atoms with Crippen LogP contribution in [0.25, 0.3) is 5.70 Å². The molecule has 41 heavy (non-hydrogen) atoms. The third kappa shape index (κ3) is 6.86. The Labute approximate surface area is 235 Å². The minimum atomic E-state index is -4.54. The van der Waals surface area contributed by atoms with E-state index in [1.54, 1.807) is 31.2 Å². The third-order valence-electron chi connectivity index (χ3n) is 6.27. The van der Waals surface area contributed by atoms with Crippen molar-refractivity contribution in [2.45, 2.75) is 32.5 Å². The monoisotopic (exact) mass is 566 g/mol. The van der Waals surface area contributed by atoms with Crippen LogP contribution in [0.1, 0.15) is 43.0 Å². The van der Waals surface area contributed by atoms with Crippen molar-refractivity contribution in [1.29, 1.82) is 0 Å². The SMILES string of the molecule is CCCN1C(=O)N[C@@H](c2ccc(NC(=O)Nc3cccc(C(F)(F)F)c3)cc2)C(C(=O)OCC)=C1c1ccccc1. The van der Waals surface area contributed by atoms with Gasteiger partial charge in [-0.05, 0) is 54.8 Å². The van der Waals surface area contributed by atoms with Crippen LogP contribution in [0.4, 0.5) is 34.1 Å². The molecule has 1 heterocycles. The van der Waals surface area contributed by atoms with Crippen LogP contribution in [0.15, 0.2) is 84.4 Å². The van der Waals surface area contributed by atoms with Gasteiger partial charge in [0.2, 0.25) is 0 Å². The van der Waals surface area contributed by atoms with Crippen LogP contribution in [0.2, 0.25) is 0 Å². The van der Waals surface area contributed by atoms with Crippen molar-refractivity contribution in [3.63, 3.8) is 0 Å². The van der Waals surface area contributed by atoms with Gasteiger partial charge in [0.25, 0.3) is 0 Å². The van der Waals surface area contributed by atoms with Gasteiger partial charge in [-0.25, -0.2) is 14.4 Å². The van der Waals surface area contributed by atoms with E-state index in [-0.39, 0.29) is 23.9 Å². The van der Waals surface area contributed by atoms with E-state index in [1.165, 1.54) is 17.0 Å². The van der Waals surface area contributed by atoms with Gasteiger partial charge < -0.3 is 20.7 Å². The fourth-order valence-electron chi connectivity index (χ4n) is 4.50. The number of alkyl halides is 3. The van der Waals surface area contributed by atoms with Gasteiger partial charge in [0.1, 0.15) is 0 Å². The molecule has 0 radical (unpaired) electrons. The lowest BCUT2D eigenvalue weighted by Gasteiger charge is -2.36. The van der Waals surface area contributed by atoms with Crippen LogP contribution < -0.4 is 16.0 Å². The van der Waals surface area contributed by atoms with Crippen LogP contribution in [-0.4, -0.2) is 36.1 Å². The third-order valence-corrected chi connectivity index (χ3v) is 6.27. The normalized spacial score (nSPS) is 15.3. The number of ether oxygens (including phenoxy) is 1. The predicted molar refractivity (Wildman–Crippen MR) is 149 cm³/mol. The number of rotatable bonds is 8. The standard InChI is InChI=1S/C30H29F3N4O4/c1-3-17-37-26(20-9-6-5-7-10-20)24(27(38)41-4-2)25(36-29(37)40)19-13-15-22(16-14-19)34-28(39)35-23-12-8-11-21(18-23)30(31,32)33/h5-16,18,25H,3-4,17H2,1-2H3,(H,36,40)(H2,34,35,39)/t25-/m0/s1. The van der Waals surface area contributed by atoms with Crippen molar-refractivity contribution in [2.75, 3.05) is 23.8 Å². The van der Waals surface area contributed by atoms with E-state index < -0.39 is 29.8 Å². The van der Waals surface area contributed by atoms with Gasteiger partial charge in [-0.1, -0.05) is 55.5 Å². The van der Waals surface area contributed by atoms with Crippen LogP contribution in [0.3, 0.4) is 0 Å². The fraction of sp³-hybridized carbons (Fsp3) is 0.233. The highest BCUT2D eigenvalue weighted by Crippen LogP contribution is 2.37. The number of nitrogens with zero attached hydrogens (tertiary/aromatic N) is 1. The molecule has 1 atom stereocenters. The van der Waals surface area contributed by atoms with Crippen LogP contribution in [0, 0.1) is 0 Å². The molecule has 0 fully saturated rings. The summed E-state index contributed by atoms with van der Waals surface area (Å²) in [6.45, 7) is 4.16. The maximum atomic E-state index is 13.3. The summed E-state index contributed by atoms with van der Waals surface area (Å²) < 4.78 is 44.3. The van der Waals surface area contributed by atoms with Crippen LogP contribution >= 0.6 is 0 Å². The molecule has 4 rings (SSSR count). The van der Waals surface area contributed by atoms with E-state index in [4.69, 9.17) is 4.74 Å². The van der Waals surface area contributed by atoms with E-state index in [2.05, 4.69) is 16.0 Å². The first-order valence-electron chi connectivity index (χ1n) is 13.0. The average molecular weight is 567 g/mol. The van der Waals surface area contributed by atoms with E-state index in [9.17, 15) is 27.6 Å². The van der Waals surface area contributed by atoms with E-state index in [0.717, 1.165) is 12.1 Å². The van der Waals surface area contributed by atoms with Crippen molar-refractivity contribution in [3.8, 4) is 0 Å². The molecule has 3 aromatic rings. The van der Waals surface area contributed by atoms with Crippen molar-refractivity contribution < 1.29 is 32.3 Å². The molecule has 3 aromatic carbocycles. The van der Waals surface area contributed by atoms with Crippen molar-refractivity contribution >= 4 is 35.1 Å². The minimum Gasteiger partial charge on any atom is -0.463 e. The second-order valence-electron chi connectivity index (χ2n) is 9.16. The summed E-state index contributed by atoms with van der Waals surface area (Å²) in [7, 11) is 0. The maximum absolute atomic E-state index is 13.3. The summed E-state index contributed by atoms with van der Waals surface area (Å²) in [5.41, 5.74) is 1.43. The largest absolute Gasteiger partial charge is 0.463 e. The summed E-state index contributed by atoms with van der Waals surface area (Å²) in [6, 6.07) is 17.9. The number of esters is 1. The number of anilines is 2. The molecule has 0 aromatic heterocycles. The summed E-state index contributed by atoms with van der Waals surface area (Å²) in [6.07, 6.45) is -3.88. The summed E-state index contributed by atoms with van der Waals surface area (Å²) >= 11 is 0. The van der Waals surface area contributed by atoms with E-state index in [1.807, 2.05) is 37.3 Å². The number of nitrogens with one attached hydrogen (secondary N) is 3. The summed E-state index contributed by atoms with van der Waals surface area (Å²) in [5.74, 6) is -0.569. The zero-order valence-electron chi connectivity index (χ0n) is 22.4. The Kier molecular flexibility index (Phi) is 8.96. The van der Waals surface area contributed by atoms with Crippen molar-refractivity contribution in [3.05, 3.63) is 101 Å². The number of carbonyl (C=O) groups excluding carboxylic acids is 3. The molecule has 0 unspecified atom stereocenters. The molecule has 0 spiro atoms. The lowest BCUT2D eigenvalue weighted by Crippen LogP contribution is -2.48. The van der Waals surface area contributed by atoms with Gasteiger partial charge >= 0.3 is 24.2 Å². The first kappa shape index (κ1) is 29.2. The average Bonchev–Trinajstić information content (AvgIpc) is 2.94. The lowest BCUT2D eigenvalue weighted by molar-refractivity contribution is -0.139. The zero-order chi connectivity index (χ0) is 29.6. The highest BCUT2D eigenvalue weighted by atomic mass is 19.4. The van der Waals surface area contributed by atoms with E-state index >= 15 is 0 Å². The first-order chi connectivity index (χ1) is 19.6.